The Morgan fingerprint density at radius 1 is 0.938 bits per heavy atom. The van der Waals surface area contributed by atoms with Gasteiger partial charge in [0.2, 0.25) is 11.6 Å². The molecule has 88 valence electrons. The Labute approximate surface area is 89.1 Å². The predicted octanol–water partition coefficient (Wildman–Crippen LogP) is 1.05. The Morgan fingerprint density at radius 2 is 1.44 bits per heavy atom. The summed E-state index contributed by atoms with van der Waals surface area (Å²) in [6.45, 7) is 1.59. The maximum atomic E-state index is 13.3. The molecule has 0 unspecified atom stereocenters. The Kier molecular flexibility index (Phi) is 2.95. The first-order valence-corrected chi connectivity index (χ1v) is 4.77. The van der Waals surface area contributed by atoms with E-state index >= 15 is 0 Å². The SMILES string of the molecule is Fc1nc(F)c(F)c(N2CCNCC2)c1F. The molecule has 0 saturated carbocycles. The van der Waals surface area contributed by atoms with Crippen LogP contribution in [-0.2, 0) is 0 Å². The molecule has 1 fully saturated rings. The van der Waals surface area contributed by atoms with Crippen LogP contribution in [0.25, 0.3) is 0 Å². The molecule has 0 aromatic carbocycles. The maximum Gasteiger partial charge on any atom is 0.253 e. The zero-order chi connectivity index (χ0) is 11.7. The largest absolute Gasteiger partial charge is 0.364 e. The summed E-state index contributed by atoms with van der Waals surface area (Å²) in [5.41, 5.74) is -0.675. The van der Waals surface area contributed by atoms with Crippen LogP contribution in [0.5, 0.6) is 0 Å². The quantitative estimate of drug-likeness (QED) is 0.582. The number of halogens is 4. The standard InChI is InChI=1S/C9H9F4N3/c10-5-7(16-3-1-14-2-4-16)6(11)9(13)15-8(5)12/h14H,1-4H2. The van der Waals surface area contributed by atoms with Gasteiger partial charge in [-0.25, -0.2) is 0 Å². The summed E-state index contributed by atoms with van der Waals surface area (Å²) in [5.74, 6) is -6.12. The van der Waals surface area contributed by atoms with Gasteiger partial charge in [0.25, 0.3) is 11.9 Å². The summed E-state index contributed by atoms with van der Waals surface area (Å²) >= 11 is 0. The lowest BCUT2D eigenvalue weighted by Gasteiger charge is -2.29. The number of pyridine rings is 1. The molecule has 2 rings (SSSR count). The van der Waals surface area contributed by atoms with Crippen LogP contribution in [0, 0.1) is 23.5 Å². The van der Waals surface area contributed by atoms with E-state index in [2.05, 4.69) is 10.3 Å². The number of piperazine rings is 1. The highest BCUT2D eigenvalue weighted by Crippen LogP contribution is 2.26. The Balaban J connectivity index is 2.45. The summed E-state index contributed by atoms with van der Waals surface area (Å²) in [5, 5.41) is 2.96. The molecule has 2 heterocycles. The first kappa shape index (κ1) is 11.1. The van der Waals surface area contributed by atoms with Crippen molar-refractivity contribution in [1.29, 1.82) is 0 Å². The van der Waals surface area contributed by atoms with Gasteiger partial charge in [0.05, 0.1) is 0 Å². The van der Waals surface area contributed by atoms with Crippen molar-refractivity contribution in [2.75, 3.05) is 31.1 Å². The van der Waals surface area contributed by atoms with Crippen molar-refractivity contribution in [2.24, 2.45) is 0 Å². The van der Waals surface area contributed by atoms with Gasteiger partial charge in [-0.05, 0) is 0 Å². The van der Waals surface area contributed by atoms with Crippen LogP contribution in [-0.4, -0.2) is 31.2 Å². The molecule has 0 bridgehead atoms. The zero-order valence-corrected chi connectivity index (χ0v) is 8.23. The van der Waals surface area contributed by atoms with Crippen LogP contribution in [0.15, 0.2) is 0 Å². The van der Waals surface area contributed by atoms with Crippen LogP contribution < -0.4 is 10.2 Å². The third kappa shape index (κ3) is 1.82. The molecular weight excluding hydrogens is 226 g/mol. The van der Waals surface area contributed by atoms with Gasteiger partial charge in [0, 0.05) is 26.2 Å². The van der Waals surface area contributed by atoms with Gasteiger partial charge in [0.1, 0.15) is 5.69 Å². The van der Waals surface area contributed by atoms with Crippen LogP contribution >= 0.6 is 0 Å². The molecule has 0 spiro atoms. The van der Waals surface area contributed by atoms with E-state index in [0.717, 1.165) is 0 Å². The smallest absolute Gasteiger partial charge is 0.253 e. The molecule has 0 aliphatic carbocycles. The topological polar surface area (TPSA) is 28.2 Å². The van der Waals surface area contributed by atoms with Crippen molar-refractivity contribution in [3.8, 4) is 0 Å². The predicted molar refractivity (Wildman–Crippen MR) is 49.2 cm³/mol. The number of nitrogens with zero attached hydrogens (tertiary/aromatic N) is 2. The van der Waals surface area contributed by atoms with Gasteiger partial charge in [-0.3, -0.25) is 0 Å². The van der Waals surface area contributed by atoms with Gasteiger partial charge in [0.15, 0.2) is 0 Å². The lowest BCUT2D eigenvalue weighted by Crippen LogP contribution is -2.44. The van der Waals surface area contributed by atoms with E-state index < -0.39 is 29.2 Å². The van der Waals surface area contributed by atoms with Crippen molar-refractivity contribution in [2.45, 2.75) is 0 Å². The van der Waals surface area contributed by atoms with Gasteiger partial charge < -0.3 is 10.2 Å². The van der Waals surface area contributed by atoms with Crippen molar-refractivity contribution >= 4 is 5.69 Å². The van der Waals surface area contributed by atoms with E-state index in [1.807, 2.05) is 0 Å². The first-order chi connectivity index (χ1) is 7.61. The highest BCUT2D eigenvalue weighted by Gasteiger charge is 2.25. The lowest BCUT2D eigenvalue weighted by atomic mass is 10.2. The molecule has 0 radical (unpaired) electrons. The van der Waals surface area contributed by atoms with E-state index in [1.54, 1.807) is 0 Å². The molecule has 16 heavy (non-hydrogen) atoms. The summed E-state index contributed by atoms with van der Waals surface area (Å²) in [4.78, 5) is 3.76. The number of rotatable bonds is 1. The van der Waals surface area contributed by atoms with Gasteiger partial charge in [-0.1, -0.05) is 0 Å². The zero-order valence-electron chi connectivity index (χ0n) is 8.23. The third-order valence-electron chi connectivity index (χ3n) is 2.41. The van der Waals surface area contributed by atoms with Crippen molar-refractivity contribution < 1.29 is 17.6 Å². The molecule has 1 N–H and O–H groups in total. The second-order valence-electron chi connectivity index (χ2n) is 3.41. The van der Waals surface area contributed by atoms with Crippen molar-refractivity contribution in [3.63, 3.8) is 0 Å². The number of aromatic nitrogens is 1. The fraction of sp³-hybridized carbons (Fsp3) is 0.444. The first-order valence-electron chi connectivity index (χ1n) is 4.77. The Bertz CT molecular complexity index is 378. The van der Waals surface area contributed by atoms with Gasteiger partial charge in [-0.15, -0.1) is 0 Å². The van der Waals surface area contributed by atoms with Crippen LogP contribution in [0.3, 0.4) is 0 Å². The molecule has 1 aromatic heterocycles. The fourth-order valence-corrected chi connectivity index (χ4v) is 1.64. The van der Waals surface area contributed by atoms with Gasteiger partial charge >= 0.3 is 0 Å². The average Bonchev–Trinajstić information content (AvgIpc) is 2.28. The number of hydrogen-bond donors (Lipinski definition) is 1. The van der Waals surface area contributed by atoms with Crippen LogP contribution in [0.4, 0.5) is 23.2 Å². The normalized spacial score (nSPS) is 16.6. The van der Waals surface area contributed by atoms with Gasteiger partial charge in [-0.2, -0.15) is 22.5 Å². The number of nitrogens with one attached hydrogen (secondary N) is 1. The molecule has 0 amide bonds. The number of anilines is 1. The van der Waals surface area contributed by atoms with E-state index in [9.17, 15) is 17.6 Å². The molecule has 0 atom stereocenters. The molecule has 1 aliphatic rings. The minimum absolute atomic E-state index is 0.288. The van der Waals surface area contributed by atoms with E-state index in [-0.39, 0.29) is 13.1 Å². The molecule has 1 aliphatic heterocycles. The van der Waals surface area contributed by atoms with E-state index in [1.165, 1.54) is 4.90 Å². The van der Waals surface area contributed by atoms with Crippen molar-refractivity contribution in [3.05, 3.63) is 23.5 Å². The summed E-state index contributed by atoms with van der Waals surface area (Å²) in [7, 11) is 0. The minimum Gasteiger partial charge on any atom is -0.364 e. The Hall–Kier alpha value is -1.37. The second kappa shape index (κ2) is 4.25. The van der Waals surface area contributed by atoms with E-state index in [0.29, 0.717) is 13.1 Å². The Morgan fingerprint density at radius 3 is 1.94 bits per heavy atom. The summed E-state index contributed by atoms with van der Waals surface area (Å²) in [6.07, 6.45) is 0. The van der Waals surface area contributed by atoms with Crippen LogP contribution in [0.1, 0.15) is 0 Å². The average molecular weight is 235 g/mol. The van der Waals surface area contributed by atoms with Crippen molar-refractivity contribution in [1.82, 2.24) is 10.3 Å². The number of hydrogen-bond acceptors (Lipinski definition) is 3. The monoisotopic (exact) mass is 235 g/mol. The minimum atomic E-state index is -1.62. The lowest BCUT2D eigenvalue weighted by molar-refractivity contribution is 0.403. The highest BCUT2D eigenvalue weighted by atomic mass is 19.2. The molecule has 3 nitrogen and oxygen atoms in total. The summed E-state index contributed by atoms with van der Waals surface area (Å²) in [6, 6.07) is 0. The molecule has 1 aromatic rings. The molecule has 1 saturated heterocycles. The molecule has 7 heteroatoms. The second-order valence-corrected chi connectivity index (χ2v) is 3.41. The maximum absolute atomic E-state index is 13.3. The highest BCUT2D eigenvalue weighted by molar-refractivity contribution is 5.48. The fourth-order valence-electron chi connectivity index (χ4n) is 1.64. The van der Waals surface area contributed by atoms with E-state index in [4.69, 9.17) is 0 Å². The van der Waals surface area contributed by atoms with Crippen LogP contribution in [0.2, 0.25) is 0 Å². The third-order valence-corrected chi connectivity index (χ3v) is 2.41. The molecular formula is C9H9F4N3. The summed E-state index contributed by atoms with van der Waals surface area (Å²) < 4.78 is 52.3.